The van der Waals surface area contributed by atoms with Crippen LogP contribution in [0.15, 0.2) is 156 Å². The van der Waals surface area contributed by atoms with E-state index in [1.54, 1.807) is 0 Å². The number of hydrogen-bond acceptors (Lipinski definition) is 3. The minimum Gasteiger partial charge on any atom is -0.456 e. The average Bonchev–Trinajstić information content (AvgIpc) is 3.64. The van der Waals surface area contributed by atoms with E-state index in [1.165, 1.54) is 42.1 Å². The maximum absolute atomic E-state index is 6.67. The number of anilines is 3. The molecular weight excluding hydrogens is 543 g/mol. The average molecular weight is 568 g/mol. The number of furan rings is 1. The van der Waals surface area contributed by atoms with Gasteiger partial charge in [0.25, 0.3) is 0 Å². The van der Waals surface area contributed by atoms with Gasteiger partial charge in [-0.25, -0.2) is 0 Å². The summed E-state index contributed by atoms with van der Waals surface area (Å²) in [4.78, 5) is 2.38. The molecule has 2 nitrogen and oxygen atoms in total. The second-order valence-corrected chi connectivity index (χ2v) is 12.0. The van der Waals surface area contributed by atoms with Crippen LogP contribution in [-0.2, 0) is 0 Å². The van der Waals surface area contributed by atoms with Crippen LogP contribution >= 0.6 is 11.3 Å². The summed E-state index contributed by atoms with van der Waals surface area (Å²) in [5.41, 5.74) is 7.47. The first kappa shape index (κ1) is 24.2. The van der Waals surface area contributed by atoms with Gasteiger partial charge in [0.1, 0.15) is 11.2 Å². The molecule has 7 aromatic carbocycles. The molecule has 0 fully saturated rings. The number of benzene rings is 7. The highest BCUT2D eigenvalue weighted by Gasteiger charge is 2.22. The van der Waals surface area contributed by atoms with Crippen molar-refractivity contribution in [3.63, 3.8) is 0 Å². The van der Waals surface area contributed by atoms with Crippen LogP contribution in [-0.4, -0.2) is 0 Å². The predicted molar refractivity (Wildman–Crippen MR) is 184 cm³/mol. The Kier molecular flexibility index (Phi) is 5.40. The first-order valence-corrected chi connectivity index (χ1v) is 15.3. The number of thiophene rings is 1. The Bertz CT molecular complexity index is 2460. The molecule has 202 valence electrons. The van der Waals surface area contributed by atoms with Gasteiger partial charge in [-0.1, -0.05) is 103 Å². The molecule has 9 rings (SSSR count). The lowest BCUT2D eigenvalue weighted by Crippen LogP contribution is -2.10. The molecule has 0 saturated carbocycles. The molecule has 0 amide bonds. The van der Waals surface area contributed by atoms with E-state index < -0.39 is 0 Å². The van der Waals surface area contributed by atoms with Crippen molar-refractivity contribution in [2.24, 2.45) is 0 Å². The molecule has 3 heteroatoms. The van der Waals surface area contributed by atoms with Crippen molar-refractivity contribution in [1.29, 1.82) is 0 Å². The van der Waals surface area contributed by atoms with Gasteiger partial charge >= 0.3 is 0 Å². The zero-order valence-electron chi connectivity index (χ0n) is 23.2. The summed E-state index contributed by atoms with van der Waals surface area (Å²) in [5, 5.41) is 7.28. The fourth-order valence-electron chi connectivity index (χ4n) is 6.56. The summed E-state index contributed by atoms with van der Waals surface area (Å²) in [7, 11) is 0. The van der Waals surface area contributed by atoms with Gasteiger partial charge in [-0.05, 0) is 70.4 Å². The molecule has 2 heterocycles. The van der Waals surface area contributed by atoms with Crippen LogP contribution in [0.25, 0.3) is 64.0 Å². The highest BCUT2D eigenvalue weighted by molar-refractivity contribution is 7.25. The maximum Gasteiger partial charge on any atom is 0.137 e. The molecule has 0 saturated heterocycles. The van der Waals surface area contributed by atoms with Gasteiger partial charge in [0.05, 0.1) is 11.1 Å². The second kappa shape index (κ2) is 9.59. The summed E-state index contributed by atoms with van der Waals surface area (Å²) in [6.07, 6.45) is 0. The van der Waals surface area contributed by atoms with Gasteiger partial charge in [0.15, 0.2) is 0 Å². The van der Waals surface area contributed by atoms with Gasteiger partial charge in [0, 0.05) is 36.9 Å². The summed E-state index contributed by atoms with van der Waals surface area (Å²) in [5.74, 6) is 0. The molecule has 9 aromatic rings. The van der Waals surface area contributed by atoms with Crippen LogP contribution in [0.3, 0.4) is 0 Å². The van der Waals surface area contributed by atoms with Crippen molar-refractivity contribution < 1.29 is 4.42 Å². The fraction of sp³-hybridized carbons (Fsp3) is 0. The molecule has 0 aliphatic heterocycles. The summed E-state index contributed by atoms with van der Waals surface area (Å²) >= 11 is 1.85. The lowest BCUT2D eigenvalue weighted by atomic mass is 9.94. The number of para-hydroxylation sites is 1. The predicted octanol–water partition coefficient (Wildman–Crippen LogP) is 12.2. The number of hydrogen-bond donors (Lipinski definition) is 0. The Labute approximate surface area is 252 Å². The number of rotatable bonds is 4. The Hall–Kier alpha value is -5.38. The summed E-state index contributed by atoms with van der Waals surface area (Å²) in [6, 6.07) is 54.1. The summed E-state index contributed by atoms with van der Waals surface area (Å²) in [6.45, 7) is 0. The molecule has 0 radical (unpaired) electrons. The third kappa shape index (κ3) is 3.79. The van der Waals surface area contributed by atoms with Gasteiger partial charge < -0.3 is 9.32 Å². The number of fused-ring (bicyclic) bond motifs is 8. The van der Waals surface area contributed by atoms with E-state index in [-0.39, 0.29) is 0 Å². The molecular formula is C40H25NOS. The first-order valence-electron chi connectivity index (χ1n) is 14.5. The quantitative estimate of drug-likeness (QED) is 0.210. The lowest BCUT2D eigenvalue weighted by Gasteiger charge is -2.26. The highest BCUT2D eigenvalue weighted by atomic mass is 32.1. The van der Waals surface area contributed by atoms with Crippen molar-refractivity contribution in [2.45, 2.75) is 0 Å². The van der Waals surface area contributed by atoms with Gasteiger partial charge in [-0.2, -0.15) is 0 Å². The maximum atomic E-state index is 6.67. The van der Waals surface area contributed by atoms with Crippen molar-refractivity contribution >= 4 is 81.3 Å². The standard InChI is InChI=1S/C40H25NOS/c1-3-12-26(13-4-1)33-25-36-39(32-18-8-7-16-29(32)33)40-34(19-11-20-35(40)42-36)41(27-14-5-2-6-15-27)28-22-23-31-30-17-9-10-21-37(30)43-38(31)24-28/h1-25H. The van der Waals surface area contributed by atoms with Crippen molar-refractivity contribution in [3.05, 3.63) is 152 Å². The van der Waals surface area contributed by atoms with Crippen LogP contribution in [0.2, 0.25) is 0 Å². The van der Waals surface area contributed by atoms with Crippen molar-refractivity contribution in [3.8, 4) is 11.1 Å². The van der Waals surface area contributed by atoms with Crippen LogP contribution < -0.4 is 4.90 Å². The molecule has 0 aliphatic rings. The van der Waals surface area contributed by atoms with Gasteiger partial charge in [-0.3, -0.25) is 0 Å². The van der Waals surface area contributed by atoms with E-state index >= 15 is 0 Å². The lowest BCUT2D eigenvalue weighted by molar-refractivity contribution is 0.669. The van der Waals surface area contributed by atoms with Crippen LogP contribution in [0.1, 0.15) is 0 Å². The zero-order chi connectivity index (χ0) is 28.3. The Morgan fingerprint density at radius 3 is 1.98 bits per heavy atom. The first-order chi connectivity index (χ1) is 21.3. The fourth-order valence-corrected chi connectivity index (χ4v) is 7.70. The van der Waals surface area contributed by atoms with Gasteiger partial charge in [0.2, 0.25) is 0 Å². The van der Waals surface area contributed by atoms with Gasteiger partial charge in [-0.15, -0.1) is 11.3 Å². The minimum atomic E-state index is 0.881. The Morgan fingerprint density at radius 2 is 1.14 bits per heavy atom. The van der Waals surface area contributed by atoms with E-state index in [0.717, 1.165) is 39.0 Å². The molecule has 0 spiro atoms. The third-order valence-corrected chi connectivity index (χ3v) is 9.58. The second-order valence-electron chi connectivity index (χ2n) is 10.9. The topological polar surface area (TPSA) is 16.4 Å². The molecule has 0 unspecified atom stereocenters. The van der Waals surface area contributed by atoms with Crippen molar-refractivity contribution in [1.82, 2.24) is 0 Å². The van der Waals surface area contributed by atoms with Crippen LogP contribution in [0.5, 0.6) is 0 Å². The molecule has 0 bridgehead atoms. The van der Waals surface area contributed by atoms with Crippen LogP contribution in [0.4, 0.5) is 17.1 Å². The largest absolute Gasteiger partial charge is 0.456 e. The Balaban J connectivity index is 1.35. The monoisotopic (exact) mass is 567 g/mol. The molecule has 43 heavy (non-hydrogen) atoms. The van der Waals surface area contributed by atoms with E-state index in [1.807, 2.05) is 11.3 Å². The number of nitrogens with zero attached hydrogens (tertiary/aromatic N) is 1. The van der Waals surface area contributed by atoms with E-state index in [9.17, 15) is 0 Å². The molecule has 2 aromatic heterocycles. The third-order valence-electron chi connectivity index (χ3n) is 8.44. The van der Waals surface area contributed by atoms with E-state index in [2.05, 4.69) is 157 Å². The molecule has 0 aliphatic carbocycles. The molecule has 0 atom stereocenters. The van der Waals surface area contributed by atoms with E-state index in [4.69, 9.17) is 4.42 Å². The van der Waals surface area contributed by atoms with Crippen molar-refractivity contribution in [2.75, 3.05) is 4.90 Å². The normalized spacial score (nSPS) is 11.7. The van der Waals surface area contributed by atoms with E-state index in [0.29, 0.717) is 0 Å². The highest BCUT2D eigenvalue weighted by Crippen LogP contribution is 2.47. The minimum absolute atomic E-state index is 0.881. The smallest absolute Gasteiger partial charge is 0.137 e. The summed E-state index contributed by atoms with van der Waals surface area (Å²) < 4.78 is 9.26. The van der Waals surface area contributed by atoms with Crippen LogP contribution in [0, 0.1) is 0 Å². The molecule has 0 N–H and O–H groups in total. The Morgan fingerprint density at radius 1 is 0.442 bits per heavy atom. The SMILES string of the molecule is c1ccc(-c2cc3oc4cccc(N(c5ccccc5)c5ccc6c(c5)sc5ccccc56)c4c3c3ccccc23)cc1. The zero-order valence-corrected chi connectivity index (χ0v) is 24.0.